The van der Waals surface area contributed by atoms with Crippen LogP contribution >= 0.6 is 0 Å². The number of imidazole rings is 1. The molecule has 1 atom stereocenters. The fourth-order valence-corrected chi connectivity index (χ4v) is 4.06. The Labute approximate surface area is 167 Å². The second-order valence-electron chi connectivity index (χ2n) is 7.51. The minimum absolute atomic E-state index is 0.0668. The Hall–Kier alpha value is -3.66. The van der Waals surface area contributed by atoms with Crippen molar-refractivity contribution in [1.82, 2.24) is 9.97 Å². The van der Waals surface area contributed by atoms with E-state index in [0.29, 0.717) is 6.42 Å². The van der Waals surface area contributed by atoms with Gasteiger partial charge in [0.25, 0.3) is 0 Å². The monoisotopic (exact) mass is 380 g/mol. The highest BCUT2D eigenvalue weighted by Crippen LogP contribution is 2.28. The molecule has 5 aromatic rings. The number of fused-ring (bicyclic) bond motifs is 3. The van der Waals surface area contributed by atoms with Gasteiger partial charge in [0, 0.05) is 12.3 Å². The van der Waals surface area contributed by atoms with E-state index in [4.69, 9.17) is 4.98 Å². The van der Waals surface area contributed by atoms with Crippen LogP contribution in [0.25, 0.3) is 32.6 Å². The van der Waals surface area contributed by atoms with E-state index in [-0.39, 0.29) is 12.3 Å². The van der Waals surface area contributed by atoms with Gasteiger partial charge < -0.3 is 10.1 Å². The van der Waals surface area contributed by atoms with Crippen LogP contribution in [0.1, 0.15) is 23.7 Å². The van der Waals surface area contributed by atoms with Gasteiger partial charge in [0.15, 0.2) is 0 Å². The van der Waals surface area contributed by atoms with Crippen molar-refractivity contribution in [3.8, 4) is 0 Å². The lowest BCUT2D eigenvalue weighted by Crippen LogP contribution is -2.10. The summed E-state index contributed by atoms with van der Waals surface area (Å²) in [5.74, 6) is -0.133. The molecule has 0 aliphatic heterocycles. The van der Waals surface area contributed by atoms with Gasteiger partial charge in [0.05, 0.1) is 17.5 Å². The third-order valence-corrected chi connectivity index (χ3v) is 5.50. The summed E-state index contributed by atoms with van der Waals surface area (Å²) in [5, 5.41) is 14.1. The number of carboxylic acids is 1. The van der Waals surface area contributed by atoms with Crippen molar-refractivity contribution in [2.75, 3.05) is 0 Å². The van der Waals surface area contributed by atoms with Crippen LogP contribution in [0.15, 0.2) is 78.9 Å². The summed E-state index contributed by atoms with van der Waals surface area (Å²) in [6.45, 7) is 0. The molecule has 5 rings (SSSR count). The van der Waals surface area contributed by atoms with Crippen molar-refractivity contribution in [3.63, 3.8) is 0 Å². The molecular formula is C25H20N2O2. The van der Waals surface area contributed by atoms with Gasteiger partial charge in [-0.15, -0.1) is 0 Å². The number of rotatable bonds is 5. The molecule has 1 heterocycles. The first kappa shape index (κ1) is 17.4. The van der Waals surface area contributed by atoms with Crippen molar-refractivity contribution in [1.29, 1.82) is 0 Å². The molecule has 1 unspecified atom stereocenters. The maximum absolute atomic E-state index is 11.5. The van der Waals surface area contributed by atoms with E-state index in [1.54, 1.807) is 0 Å². The number of benzene rings is 4. The number of hydrogen-bond donors (Lipinski definition) is 2. The maximum Gasteiger partial charge on any atom is 0.303 e. The molecule has 0 aliphatic rings. The number of aromatic amines is 1. The Balaban J connectivity index is 1.52. The van der Waals surface area contributed by atoms with Gasteiger partial charge in [0.1, 0.15) is 5.82 Å². The van der Waals surface area contributed by atoms with Crippen LogP contribution in [0.4, 0.5) is 0 Å². The van der Waals surface area contributed by atoms with Crippen LogP contribution in [-0.4, -0.2) is 21.0 Å². The number of nitrogens with zero attached hydrogens (tertiary/aromatic N) is 1. The van der Waals surface area contributed by atoms with Gasteiger partial charge in [-0.1, -0.05) is 66.7 Å². The first-order chi connectivity index (χ1) is 14.2. The Morgan fingerprint density at radius 2 is 1.52 bits per heavy atom. The second-order valence-corrected chi connectivity index (χ2v) is 7.51. The maximum atomic E-state index is 11.5. The van der Waals surface area contributed by atoms with Gasteiger partial charge in [-0.3, -0.25) is 4.79 Å². The molecule has 4 aromatic carbocycles. The minimum Gasteiger partial charge on any atom is -0.481 e. The standard InChI is InChI=1S/C25H20N2O2/c28-25(29)15-21(20-10-9-16-5-1-2-6-17(16)11-20)14-24-26-22-12-18-7-3-4-8-19(18)13-23(22)27-24/h1-13,21H,14-15H2,(H,26,27)(H,28,29). The summed E-state index contributed by atoms with van der Waals surface area (Å²) in [6.07, 6.45) is 0.618. The lowest BCUT2D eigenvalue weighted by atomic mass is 9.90. The number of nitrogens with one attached hydrogen (secondary N) is 1. The summed E-state index contributed by atoms with van der Waals surface area (Å²) >= 11 is 0. The number of H-pyrrole nitrogens is 1. The average Bonchev–Trinajstić information content (AvgIpc) is 3.12. The van der Waals surface area contributed by atoms with E-state index in [1.807, 2.05) is 30.3 Å². The van der Waals surface area contributed by atoms with Crippen molar-refractivity contribution in [2.24, 2.45) is 0 Å². The average molecular weight is 380 g/mol. The van der Waals surface area contributed by atoms with Gasteiger partial charge in [-0.25, -0.2) is 4.98 Å². The number of aliphatic carboxylic acids is 1. The van der Waals surface area contributed by atoms with E-state index in [1.165, 1.54) is 0 Å². The zero-order valence-corrected chi connectivity index (χ0v) is 15.8. The Morgan fingerprint density at radius 3 is 2.24 bits per heavy atom. The molecule has 0 spiro atoms. The van der Waals surface area contributed by atoms with E-state index in [2.05, 4.69) is 53.5 Å². The van der Waals surface area contributed by atoms with E-state index < -0.39 is 5.97 Å². The van der Waals surface area contributed by atoms with Crippen LogP contribution in [0.5, 0.6) is 0 Å². The molecule has 4 nitrogen and oxygen atoms in total. The molecule has 29 heavy (non-hydrogen) atoms. The second kappa shape index (κ2) is 7.06. The molecule has 0 radical (unpaired) electrons. The van der Waals surface area contributed by atoms with Crippen molar-refractivity contribution < 1.29 is 9.90 Å². The van der Waals surface area contributed by atoms with Gasteiger partial charge in [-0.05, 0) is 39.2 Å². The fourth-order valence-electron chi connectivity index (χ4n) is 4.06. The summed E-state index contributed by atoms with van der Waals surface area (Å²) in [7, 11) is 0. The van der Waals surface area contributed by atoms with E-state index in [9.17, 15) is 9.90 Å². The SMILES string of the molecule is O=C(O)CC(Cc1nc2cc3ccccc3cc2[nH]1)c1ccc2ccccc2c1. The molecule has 4 heteroatoms. The van der Waals surface area contributed by atoms with Crippen LogP contribution in [0, 0.1) is 0 Å². The third-order valence-electron chi connectivity index (χ3n) is 5.50. The fraction of sp³-hybridized carbons (Fsp3) is 0.120. The first-order valence-electron chi connectivity index (χ1n) is 9.73. The molecule has 0 aliphatic carbocycles. The minimum atomic E-state index is -0.801. The Bertz CT molecular complexity index is 1300. The number of aromatic nitrogens is 2. The lowest BCUT2D eigenvalue weighted by Gasteiger charge is -2.15. The quantitative estimate of drug-likeness (QED) is 0.413. The zero-order valence-electron chi connectivity index (χ0n) is 15.8. The molecular weight excluding hydrogens is 360 g/mol. The zero-order chi connectivity index (χ0) is 19.8. The molecule has 0 fully saturated rings. The highest BCUT2D eigenvalue weighted by Gasteiger charge is 2.19. The van der Waals surface area contributed by atoms with Crippen molar-refractivity contribution >= 4 is 38.5 Å². The van der Waals surface area contributed by atoms with Crippen LogP contribution < -0.4 is 0 Å². The van der Waals surface area contributed by atoms with Crippen LogP contribution in [0.3, 0.4) is 0 Å². The molecule has 1 aromatic heterocycles. The number of carbonyl (C=O) groups is 1. The first-order valence-corrected chi connectivity index (χ1v) is 9.73. The summed E-state index contributed by atoms with van der Waals surface area (Å²) < 4.78 is 0. The topological polar surface area (TPSA) is 66.0 Å². The molecule has 0 saturated carbocycles. The normalized spacial score (nSPS) is 12.6. The van der Waals surface area contributed by atoms with E-state index >= 15 is 0 Å². The predicted molar refractivity (Wildman–Crippen MR) is 116 cm³/mol. The Kier molecular flexibility index (Phi) is 4.24. The highest BCUT2D eigenvalue weighted by atomic mass is 16.4. The summed E-state index contributed by atoms with van der Waals surface area (Å²) in [6, 6.07) is 26.7. The third kappa shape index (κ3) is 3.45. The smallest absolute Gasteiger partial charge is 0.303 e. The largest absolute Gasteiger partial charge is 0.481 e. The Morgan fingerprint density at radius 1 is 0.862 bits per heavy atom. The van der Waals surface area contributed by atoms with Crippen molar-refractivity contribution in [3.05, 3.63) is 90.3 Å². The molecule has 0 bridgehead atoms. The summed E-state index contributed by atoms with van der Waals surface area (Å²) in [5.41, 5.74) is 2.91. The molecule has 0 saturated heterocycles. The molecule has 2 N–H and O–H groups in total. The van der Waals surface area contributed by atoms with Crippen LogP contribution in [0.2, 0.25) is 0 Å². The van der Waals surface area contributed by atoms with E-state index in [0.717, 1.165) is 44.0 Å². The molecule has 0 amide bonds. The van der Waals surface area contributed by atoms with Gasteiger partial charge in [-0.2, -0.15) is 0 Å². The van der Waals surface area contributed by atoms with Gasteiger partial charge >= 0.3 is 5.97 Å². The molecule has 142 valence electrons. The predicted octanol–water partition coefficient (Wildman–Crippen LogP) is 5.67. The van der Waals surface area contributed by atoms with Crippen LogP contribution in [-0.2, 0) is 11.2 Å². The number of carboxylic acid groups (broad SMARTS) is 1. The lowest BCUT2D eigenvalue weighted by molar-refractivity contribution is -0.137. The van der Waals surface area contributed by atoms with Crippen molar-refractivity contribution in [2.45, 2.75) is 18.8 Å². The number of hydrogen-bond acceptors (Lipinski definition) is 2. The van der Waals surface area contributed by atoms with Gasteiger partial charge in [0.2, 0.25) is 0 Å². The highest BCUT2D eigenvalue weighted by molar-refractivity contribution is 5.95. The summed E-state index contributed by atoms with van der Waals surface area (Å²) in [4.78, 5) is 19.7.